The number of hydrogen-bond acceptors (Lipinski definition) is 4. The minimum Gasteiger partial charge on any atom is -0.478 e. The number of benzene rings is 1. The first-order valence-corrected chi connectivity index (χ1v) is 14.4. The van der Waals surface area contributed by atoms with Crippen LogP contribution in [-0.2, 0) is 4.79 Å². The van der Waals surface area contributed by atoms with Crippen molar-refractivity contribution in [1.29, 1.82) is 0 Å². The van der Waals surface area contributed by atoms with E-state index in [1.165, 1.54) is 0 Å². The minimum atomic E-state index is -0.926. The first-order chi connectivity index (χ1) is 17.4. The number of aromatic carboxylic acids is 1. The summed E-state index contributed by atoms with van der Waals surface area (Å²) < 4.78 is 0. The molecule has 2 aliphatic heterocycles. The van der Waals surface area contributed by atoms with E-state index in [4.69, 9.17) is 4.99 Å². The molecule has 1 aliphatic carbocycles. The number of nitrogens with zero attached hydrogens (tertiary/aromatic N) is 3. The molecule has 0 aromatic heterocycles. The number of amides is 1. The first kappa shape index (κ1) is 27.7. The van der Waals surface area contributed by atoms with Crippen LogP contribution >= 0.6 is 0 Å². The molecule has 1 spiro atoms. The Labute approximate surface area is 223 Å². The summed E-state index contributed by atoms with van der Waals surface area (Å²) in [7, 11) is 0. The van der Waals surface area contributed by atoms with Gasteiger partial charge < -0.3 is 14.9 Å². The van der Waals surface area contributed by atoms with Crippen LogP contribution in [0.25, 0.3) is 0 Å². The number of amidine groups is 1. The SMILES string of the molecule is CC(C)CC[C@H](c1ccc(C(=O)O)cc1)N1C(=O)C(N2CCC(C)CC2)=NC12CCC(C(C)(C)C)CC2. The summed E-state index contributed by atoms with van der Waals surface area (Å²) in [5.41, 5.74) is 1.03. The van der Waals surface area contributed by atoms with Crippen molar-refractivity contribution >= 4 is 17.7 Å². The van der Waals surface area contributed by atoms with Gasteiger partial charge in [-0.1, -0.05) is 53.7 Å². The molecule has 204 valence electrons. The number of likely N-dealkylation sites (tertiary alicyclic amines) is 1. The molecule has 1 atom stereocenters. The fraction of sp³-hybridized carbons (Fsp3) is 0.710. The molecule has 2 fully saturated rings. The van der Waals surface area contributed by atoms with E-state index < -0.39 is 11.6 Å². The standard InChI is InChI=1S/C31H47N3O3/c1-21(2)7-12-26(23-8-10-24(11-9-23)29(36)37)34-28(35)27(33-19-15-22(3)16-20-33)32-31(34)17-13-25(14-18-31)30(4,5)6/h8-11,21-22,25-26H,7,12-20H2,1-6H3,(H,36,37)/t25?,26-,31?/m1/s1. The van der Waals surface area contributed by atoms with Crippen molar-refractivity contribution in [2.24, 2.45) is 28.2 Å². The van der Waals surface area contributed by atoms with E-state index in [0.29, 0.717) is 23.6 Å². The maximum absolute atomic E-state index is 14.3. The van der Waals surface area contributed by atoms with Crippen molar-refractivity contribution in [3.63, 3.8) is 0 Å². The summed E-state index contributed by atoms with van der Waals surface area (Å²) in [5.74, 6) is 1.62. The van der Waals surface area contributed by atoms with Crippen molar-refractivity contribution in [3.05, 3.63) is 35.4 Å². The summed E-state index contributed by atoms with van der Waals surface area (Å²) in [6, 6.07) is 7.07. The Morgan fingerprint density at radius 2 is 1.65 bits per heavy atom. The molecule has 1 N–H and O–H groups in total. The second-order valence-corrected chi connectivity index (χ2v) is 13.3. The molecule has 1 saturated carbocycles. The molecule has 0 radical (unpaired) electrons. The van der Waals surface area contributed by atoms with Crippen LogP contribution in [0, 0.1) is 23.2 Å². The second-order valence-electron chi connectivity index (χ2n) is 13.3. The van der Waals surface area contributed by atoms with Crippen molar-refractivity contribution in [1.82, 2.24) is 9.80 Å². The normalized spacial score (nSPS) is 26.2. The van der Waals surface area contributed by atoms with Crippen LogP contribution in [0.1, 0.15) is 115 Å². The van der Waals surface area contributed by atoms with Gasteiger partial charge in [0.1, 0.15) is 5.66 Å². The van der Waals surface area contributed by atoms with Gasteiger partial charge in [-0.3, -0.25) is 4.79 Å². The Balaban J connectivity index is 1.72. The lowest BCUT2D eigenvalue weighted by molar-refractivity contribution is -0.134. The van der Waals surface area contributed by atoms with Gasteiger partial charge in [-0.15, -0.1) is 0 Å². The summed E-state index contributed by atoms with van der Waals surface area (Å²) in [6.45, 7) is 15.5. The number of carbonyl (C=O) groups excluding carboxylic acids is 1. The Hall–Kier alpha value is -2.37. The zero-order valence-corrected chi connectivity index (χ0v) is 23.8. The van der Waals surface area contributed by atoms with E-state index in [0.717, 1.165) is 70.0 Å². The fourth-order valence-corrected chi connectivity index (χ4v) is 6.54. The highest BCUT2D eigenvalue weighted by Gasteiger charge is 2.53. The van der Waals surface area contributed by atoms with E-state index in [9.17, 15) is 14.7 Å². The third kappa shape index (κ3) is 5.88. The topological polar surface area (TPSA) is 73.2 Å². The molecule has 4 rings (SSSR count). The lowest BCUT2D eigenvalue weighted by atomic mass is 9.69. The highest BCUT2D eigenvalue weighted by Crippen LogP contribution is 2.50. The largest absolute Gasteiger partial charge is 0.478 e. The monoisotopic (exact) mass is 509 g/mol. The smallest absolute Gasteiger partial charge is 0.335 e. The quantitative estimate of drug-likeness (QED) is 0.459. The van der Waals surface area contributed by atoms with E-state index in [-0.39, 0.29) is 22.9 Å². The molecule has 1 aromatic carbocycles. The van der Waals surface area contributed by atoms with Gasteiger partial charge in [0.25, 0.3) is 5.91 Å². The third-order valence-corrected chi connectivity index (χ3v) is 9.14. The summed E-state index contributed by atoms with van der Waals surface area (Å²) in [4.78, 5) is 35.6. The molecule has 1 amide bonds. The molecule has 3 aliphatic rings. The molecule has 0 bridgehead atoms. The highest BCUT2D eigenvalue weighted by atomic mass is 16.4. The highest BCUT2D eigenvalue weighted by molar-refractivity contribution is 6.39. The van der Waals surface area contributed by atoms with Crippen LogP contribution in [0.4, 0.5) is 0 Å². The van der Waals surface area contributed by atoms with E-state index in [1.54, 1.807) is 12.1 Å². The van der Waals surface area contributed by atoms with E-state index in [2.05, 4.69) is 51.3 Å². The molecule has 2 heterocycles. The number of carboxylic acids is 1. The van der Waals surface area contributed by atoms with Gasteiger partial charge >= 0.3 is 5.97 Å². The lowest BCUT2D eigenvalue weighted by Gasteiger charge is -2.47. The Bertz CT molecular complexity index is 992. The number of hydrogen-bond donors (Lipinski definition) is 1. The van der Waals surface area contributed by atoms with Crippen molar-refractivity contribution < 1.29 is 14.7 Å². The van der Waals surface area contributed by atoms with E-state index in [1.807, 2.05) is 12.1 Å². The zero-order valence-electron chi connectivity index (χ0n) is 23.8. The Kier molecular flexibility index (Phi) is 8.06. The van der Waals surface area contributed by atoms with Crippen LogP contribution < -0.4 is 0 Å². The Morgan fingerprint density at radius 1 is 1.05 bits per heavy atom. The van der Waals surface area contributed by atoms with Crippen molar-refractivity contribution in [2.75, 3.05) is 13.1 Å². The lowest BCUT2D eigenvalue weighted by Crippen LogP contribution is -2.52. The summed E-state index contributed by atoms with van der Waals surface area (Å²) in [6.07, 6.45) is 7.94. The third-order valence-electron chi connectivity index (χ3n) is 9.14. The number of rotatable bonds is 6. The summed E-state index contributed by atoms with van der Waals surface area (Å²) in [5, 5.41) is 9.44. The number of carbonyl (C=O) groups is 2. The molecule has 0 unspecified atom stereocenters. The Morgan fingerprint density at radius 3 is 2.16 bits per heavy atom. The van der Waals surface area contributed by atoms with Crippen molar-refractivity contribution in [3.8, 4) is 0 Å². The van der Waals surface area contributed by atoms with Crippen LogP contribution in [0.3, 0.4) is 0 Å². The van der Waals surface area contributed by atoms with Gasteiger partial charge in [0.05, 0.1) is 11.6 Å². The average Bonchev–Trinajstić information content (AvgIpc) is 3.11. The second kappa shape index (κ2) is 10.8. The zero-order chi connectivity index (χ0) is 27.0. The number of carboxylic acid groups (broad SMARTS) is 1. The molecule has 37 heavy (non-hydrogen) atoms. The van der Waals surface area contributed by atoms with Crippen LogP contribution in [0.15, 0.2) is 29.3 Å². The van der Waals surface area contributed by atoms with Crippen LogP contribution in [-0.4, -0.2) is 51.4 Å². The predicted octanol–water partition coefficient (Wildman–Crippen LogP) is 6.77. The van der Waals surface area contributed by atoms with Gasteiger partial charge in [-0.2, -0.15) is 0 Å². The van der Waals surface area contributed by atoms with Crippen LogP contribution in [0.5, 0.6) is 0 Å². The maximum atomic E-state index is 14.3. The van der Waals surface area contributed by atoms with Crippen molar-refractivity contribution in [2.45, 2.75) is 105 Å². The molecular weight excluding hydrogens is 462 g/mol. The van der Waals surface area contributed by atoms with E-state index >= 15 is 0 Å². The van der Waals surface area contributed by atoms with Gasteiger partial charge in [-0.05, 0) is 92.2 Å². The minimum absolute atomic E-state index is 0.0693. The van der Waals surface area contributed by atoms with Gasteiger partial charge in [-0.25, -0.2) is 9.79 Å². The summed E-state index contributed by atoms with van der Waals surface area (Å²) >= 11 is 0. The molecular formula is C31H47N3O3. The van der Waals surface area contributed by atoms with Crippen LogP contribution in [0.2, 0.25) is 0 Å². The first-order valence-electron chi connectivity index (χ1n) is 14.4. The number of piperidine rings is 1. The molecule has 6 heteroatoms. The van der Waals surface area contributed by atoms with Gasteiger partial charge in [0.2, 0.25) is 0 Å². The van der Waals surface area contributed by atoms with Gasteiger partial charge in [0, 0.05) is 13.1 Å². The average molecular weight is 510 g/mol. The molecule has 6 nitrogen and oxygen atoms in total. The van der Waals surface area contributed by atoms with Gasteiger partial charge in [0.15, 0.2) is 5.84 Å². The molecule has 1 aromatic rings. The maximum Gasteiger partial charge on any atom is 0.335 e. The predicted molar refractivity (Wildman–Crippen MR) is 149 cm³/mol. The molecule has 1 saturated heterocycles. The number of aliphatic imine (C=N–C) groups is 1. The fourth-order valence-electron chi connectivity index (χ4n) is 6.54.